The van der Waals surface area contributed by atoms with E-state index < -0.39 is 0 Å². The largest absolute Gasteiger partial charge is 0.376 e. The maximum atomic E-state index is 11.1. The van der Waals surface area contributed by atoms with Gasteiger partial charge < -0.3 is 5.32 Å². The van der Waals surface area contributed by atoms with Crippen LogP contribution in [0, 0.1) is 0 Å². The highest BCUT2D eigenvalue weighted by Gasteiger charge is 2.03. The Morgan fingerprint density at radius 3 is 2.19 bits per heavy atom. The first-order valence-corrected chi connectivity index (χ1v) is 4.51. The Kier molecular flexibility index (Phi) is 4.25. The molecule has 0 aliphatic carbocycles. The van der Waals surface area contributed by atoms with Gasteiger partial charge in [-0.2, -0.15) is 0 Å². The van der Waals surface area contributed by atoms with Crippen molar-refractivity contribution in [1.82, 2.24) is 10.9 Å². The molecule has 0 bridgehead atoms. The van der Waals surface area contributed by atoms with Gasteiger partial charge in [0.25, 0.3) is 11.8 Å². The zero-order valence-electron chi connectivity index (χ0n) is 8.49. The summed E-state index contributed by atoms with van der Waals surface area (Å²) in [5.74, 6) is 9.19. The molecule has 1 aromatic carbocycles. The number of benzene rings is 1. The SMILES string of the molecule is NNC(=O)CNc1ccc(C(=O)NN)cc1. The number of nitrogen functional groups attached to an aromatic ring is 1. The molecule has 86 valence electrons. The van der Waals surface area contributed by atoms with Crippen molar-refractivity contribution in [2.24, 2.45) is 11.7 Å². The first-order valence-electron chi connectivity index (χ1n) is 4.51. The monoisotopic (exact) mass is 223 g/mol. The van der Waals surface area contributed by atoms with Crippen molar-refractivity contribution >= 4 is 17.5 Å². The molecule has 7 heteroatoms. The van der Waals surface area contributed by atoms with E-state index in [1.165, 1.54) is 0 Å². The molecule has 0 saturated heterocycles. The normalized spacial score (nSPS) is 9.38. The lowest BCUT2D eigenvalue weighted by Gasteiger charge is -2.05. The molecule has 0 atom stereocenters. The van der Waals surface area contributed by atoms with Gasteiger partial charge in [0.15, 0.2) is 0 Å². The van der Waals surface area contributed by atoms with Crippen LogP contribution in [0.25, 0.3) is 0 Å². The van der Waals surface area contributed by atoms with Crippen LogP contribution in [-0.2, 0) is 4.79 Å². The predicted molar refractivity (Wildman–Crippen MR) is 58.9 cm³/mol. The van der Waals surface area contributed by atoms with Crippen LogP contribution < -0.4 is 27.9 Å². The molecule has 0 saturated carbocycles. The van der Waals surface area contributed by atoms with Crippen LogP contribution in [0.2, 0.25) is 0 Å². The van der Waals surface area contributed by atoms with Crippen LogP contribution in [0.1, 0.15) is 10.4 Å². The Balaban J connectivity index is 2.58. The molecule has 0 aliphatic heterocycles. The second-order valence-corrected chi connectivity index (χ2v) is 2.97. The van der Waals surface area contributed by atoms with Crippen molar-refractivity contribution in [2.45, 2.75) is 0 Å². The fourth-order valence-corrected chi connectivity index (χ4v) is 1.06. The van der Waals surface area contributed by atoms with Crippen molar-refractivity contribution in [2.75, 3.05) is 11.9 Å². The predicted octanol–water partition coefficient (Wildman–Crippen LogP) is -1.31. The fourth-order valence-electron chi connectivity index (χ4n) is 1.06. The molecular weight excluding hydrogens is 210 g/mol. The van der Waals surface area contributed by atoms with Gasteiger partial charge >= 0.3 is 0 Å². The molecule has 0 aliphatic rings. The van der Waals surface area contributed by atoms with Crippen LogP contribution in [0.5, 0.6) is 0 Å². The zero-order chi connectivity index (χ0) is 12.0. The van der Waals surface area contributed by atoms with Crippen molar-refractivity contribution in [1.29, 1.82) is 0 Å². The summed E-state index contributed by atoms with van der Waals surface area (Å²) in [5, 5.41) is 2.82. The number of hydrazine groups is 2. The Morgan fingerprint density at radius 1 is 1.06 bits per heavy atom. The van der Waals surface area contributed by atoms with Crippen LogP contribution >= 0.6 is 0 Å². The van der Waals surface area contributed by atoms with E-state index in [0.29, 0.717) is 11.3 Å². The Bertz CT molecular complexity index is 376. The van der Waals surface area contributed by atoms with E-state index in [2.05, 4.69) is 5.32 Å². The van der Waals surface area contributed by atoms with Crippen molar-refractivity contribution < 1.29 is 9.59 Å². The lowest BCUT2D eigenvalue weighted by molar-refractivity contribution is -0.119. The number of carbonyl (C=O) groups excluding carboxylic acids is 2. The van der Waals surface area contributed by atoms with Gasteiger partial charge in [0, 0.05) is 11.3 Å². The number of hydrogen-bond acceptors (Lipinski definition) is 5. The first kappa shape index (κ1) is 12.0. The quantitative estimate of drug-likeness (QED) is 0.246. The highest BCUT2D eigenvalue weighted by atomic mass is 16.2. The standard InChI is InChI=1S/C9H13N5O2/c10-13-8(15)5-12-7-3-1-6(2-4-7)9(16)14-11/h1-4,12H,5,10-11H2,(H,13,15)(H,14,16). The van der Waals surface area contributed by atoms with E-state index in [1.807, 2.05) is 10.9 Å². The summed E-state index contributed by atoms with van der Waals surface area (Å²) in [6.07, 6.45) is 0. The average molecular weight is 223 g/mol. The minimum atomic E-state index is -0.369. The fraction of sp³-hybridized carbons (Fsp3) is 0.111. The summed E-state index contributed by atoms with van der Waals surface area (Å²) in [7, 11) is 0. The molecule has 0 heterocycles. The second-order valence-electron chi connectivity index (χ2n) is 2.97. The third-order valence-electron chi connectivity index (χ3n) is 1.89. The summed E-state index contributed by atoms with van der Waals surface area (Å²) in [4.78, 5) is 21.9. The number of rotatable bonds is 4. The number of anilines is 1. The number of amides is 2. The third kappa shape index (κ3) is 3.23. The molecule has 0 fully saturated rings. The summed E-state index contributed by atoms with van der Waals surface area (Å²) < 4.78 is 0. The van der Waals surface area contributed by atoms with Crippen molar-refractivity contribution in [3.8, 4) is 0 Å². The third-order valence-corrected chi connectivity index (χ3v) is 1.89. The molecule has 7 N–H and O–H groups in total. The van der Waals surface area contributed by atoms with Gasteiger partial charge in [-0.05, 0) is 24.3 Å². The molecule has 2 amide bonds. The Labute approximate surface area is 92.1 Å². The van der Waals surface area contributed by atoms with Crippen LogP contribution in [0.15, 0.2) is 24.3 Å². The minimum Gasteiger partial charge on any atom is -0.376 e. The van der Waals surface area contributed by atoms with E-state index in [9.17, 15) is 9.59 Å². The Morgan fingerprint density at radius 2 is 1.69 bits per heavy atom. The van der Waals surface area contributed by atoms with Crippen LogP contribution in [0.3, 0.4) is 0 Å². The van der Waals surface area contributed by atoms with Gasteiger partial charge in [-0.15, -0.1) is 0 Å². The number of nitrogens with one attached hydrogen (secondary N) is 3. The minimum absolute atomic E-state index is 0.0684. The average Bonchev–Trinajstić information content (AvgIpc) is 2.35. The topological polar surface area (TPSA) is 122 Å². The molecule has 7 nitrogen and oxygen atoms in total. The maximum Gasteiger partial charge on any atom is 0.265 e. The lowest BCUT2D eigenvalue weighted by atomic mass is 10.2. The molecule has 1 aromatic rings. The van der Waals surface area contributed by atoms with Gasteiger partial charge in [0.05, 0.1) is 6.54 Å². The van der Waals surface area contributed by atoms with Crippen LogP contribution in [-0.4, -0.2) is 18.4 Å². The van der Waals surface area contributed by atoms with Gasteiger partial charge in [0.1, 0.15) is 0 Å². The smallest absolute Gasteiger partial charge is 0.265 e. The van der Waals surface area contributed by atoms with E-state index in [-0.39, 0.29) is 18.4 Å². The summed E-state index contributed by atoms with van der Waals surface area (Å²) in [6, 6.07) is 6.50. The molecule has 0 radical (unpaired) electrons. The highest BCUT2D eigenvalue weighted by molar-refractivity contribution is 5.94. The van der Waals surface area contributed by atoms with E-state index in [1.54, 1.807) is 24.3 Å². The van der Waals surface area contributed by atoms with E-state index in [0.717, 1.165) is 0 Å². The highest BCUT2D eigenvalue weighted by Crippen LogP contribution is 2.08. The second kappa shape index (κ2) is 5.69. The molecular formula is C9H13N5O2. The Hall–Kier alpha value is -2.12. The van der Waals surface area contributed by atoms with Gasteiger partial charge in [-0.25, -0.2) is 11.7 Å². The molecule has 0 aromatic heterocycles. The molecule has 0 spiro atoms. The van der Waals surface area contributed by atoms with Crippen molar-refractivity contribution in [3.63, 3.8) is 0 Å². The number of nitrogens with two attached hydrogens (primary N) is 2. The summed E-state index contributed by atoms with van der Waals surface area (Å²) >= 11 is 0. The first-order chi connectivity index (χ1) is 7.67. The van der Waals surface area contributed by atoms with E-state index >= 15 is 0 Å². The molecule has 0 unspecified atom stereocenters. The van der Waals surface area contributed by atoms with Gasteiger partial charge in [0.2, 0.25) is 0 Å². The molecule has 1 rings (SSSR count). The van der Waals surface area contributed by atoms with Gasteiger partial charge in [-0.1, -0.05) is 0 Å². The number of hydrogen-bond donors (Lipinski definition) is 5. The van der Waals surface area contributed by atoms with Gasteiger partial charge in [-0.3, -0.25) is 20.4 Å². The van der Waals surface area contributed by atoms with Crippen molar-refractivity contribution in [3.05, 3.63) is 29.8 Å². The van der Waals surface area contributed by atoms with Crippen LogP contribution in [0.4, 0.5) is 5.69 Å². The number of carbonyl (C=O) groups is 2. The van der Waals surface area contributed by atoms with E-state index in [4.69, 9.17) is 11.7 Å². The zero-order valence-corrected chi connectivity index (χ0v) is 8.49. The lowest BCUT2D eigenvalue weighted by Crippen LogP contribution is -2.35. The maximum absolute atomic E-state index is 11.1. The molecule has 16 heavy (non-hydrogen) atoms. The summed E-state index contributed by atoms with van der Waals surface area (Å²) in [5.41, 5.74) is 5.16. The summed E-state index contributed by atoms with van der Waals surface area (Å²) in [6.45, 7) is 0.0684.